The molecule has 2 fully saturated rings. The van der Waals surface area contributed by atoms with Crippen molar-refractivity contribution in [2.24, 2.45) is 5.73 Å². The lowest BCUT2D eigenvalue weighted by Crippen LogP contribution is -2.69. The molecule has 2 rings (SSSR count). The molecule has 2 aliphatic heterocycles. The van der Waals surface area contributed by atoms with Crippen LogP contribution in [0.2, 0.25) is 0 Å². The first-order valence-corrected chi connectivity index (χ1v) is 9.49. The van der Waals surface area contributed by atoms with E-state index < -0.39 is 30.6 Å². The number of nitrogens with zero attached hydrogens (tertiary/aromatic N) is 1. The zero-order chi connectivity index (χ0) is 13.6. The summed E-state index contributed by atoms with van der Waals surface area (Å²) >= 11 is 0. The van der Waals surface area contributed by atoms with Gasteiger partial charge in [0.05, 0.1) is 16.8 Å². The van der Waals surface area contributed by atoms with Gasteiger partial charge in [-0.25, -0.2) is 16.8 Å². The van der Waals surface area contributed by atoms with Crippen LogP contribution in [0.1, 0.15) is 26.2 Å². The molecule has 0 atom stereocenters. The maximum atomic E-state index is 12.3. The predicted molar refractivity (Wildman–Crippen MR) is 69.4 cm³/mol. The SMILES string of the molecule is CCC1(N)CN(S(=O)(=O)C2CCS(=O)(=O)CC2)C1. The Bertz CT molecular complexity index is 506. The van der Waals surface area contributed by atoms with Gasteiger partial charge in [0.2, 0.25) is 10.0 Å². The predicted octanol–water partition coefficient (Wildman–Crippen LogP) is -0.683. The Labute approximate surface area is 108 Å². The van der Waals surface area contributed by atoms with Crippen LogP contribution in [0.25, 0.3) is 0 Å². The van der Waals surface area contributed by atoms with Crippen molar-refractivity contribution in [3.63, 3.8) is 0 Å². The van der Waals surface area contributed by atoms with Gasteiger partial charge in [-0.15, -0.1) is 0 Å². The molecular weight excluding hydrogens is 276 g/mol. The van der Waals surface area contributed by atoms with Crippen LogP contribution >= 0.6 is 0 Å². The highest BCUT2D eigenvalue weighted by atomic mass is 32.2. The molecule has 0 aromatic rings. The van der Waals surface area contributed by atoms with Crippen LogP contribution in [-0.4, -0.2) is 56.5 Å². The van der Waals surface area contributed by atoms with Gasteiger partial charge in [0.15, 0.2) is 0 Å². The molecule has 0 radical (unpaired) electrons. The number of hydrogen-bond donors (Lipinski definition) is 1. The number of rotatable bonds is 3. The van der Waals surface area contributed by atoms with Gasteiger partial charge in [0.1, 0.15) is 9.84 Å². The second kappa shape index (κ2) is 4.43. The molecule has 0 aliphatic carbocycles. The summed E-state index contributed by atoms with van der Waals surface area (Å²) in [5.41, 5.74) is 5.56. The summed E-state index contributed by atoms with van der Waals surface area (Å²) in [5, 5.41) is -0.553. The topological polar surface area (TPSA) is 97.5 Å². The molecule has 0 saturated carbocycles. The van der Waals surface area contributed by atoms with Crippen molar-refractivity contribution in [3.8, 4) is 0 Å². The van der Waals surface area contributed by atoms with E-state index in [9.17, 15) is 16.8 Å². The first kappa shape index (κ1) is 14.2. The van der Waals surface area contributed by atoms with Crippen LogP contribution in [0.4, 0.5) is 0 Å². The summed E-state index contributed by atoms with van der Waals surface area (Å²) in [5.74, 6) is -0.0431. The normalized spacial score (nSPS) is 28.8. The largest absolute Gasteiger partial charge is 0.323 e. The van der Waals surface area contributed by atoms with Gasteiger partial charge in [-0.2, -0.15) is 4.31 Å². The molecular formula is C10H20N2O4S2. The fraction of sp³-hybridized carbons (Fsp3) is 1.00. The number of hydrogen-bond acceptors (Lipinski definition) is 5. The second-order valence-electron chi connectivity index (χ2n) is 5.38. The summed E-state index contributed by atoms with van der Waals surface area (Å²) in [7, 11) is -6.39. The van der Waals surface area contributed by atoms with Gasteiger partial charge < -0.3 is 5.73 Å². The third-order valence-corrected chi connectivity index (χ3v) is 7.98. The van der Waals surface area contributed by atoms with E-state index in [1.54, 1.807) is 0 Å². The first-order valence-electron chi connectivity index (χ1n) is 6.17. The Kier molecular flexibility index (Phi) is 3.50. The molecule has 2 heterocycles. The number of sulfone groups is 1. The molecule has 8 heteroatoms. The lowest BCUT2D eigenvalue weighted by molar-refractivity contribution is 0.151. The van der Waals surface area contributed by atoms with E-state index in [2.05, 4.69) is 0 Å². The van der Waals surface area contributed by atoms with Crippen molar-refractivity contribution in [2.75, 3.05) is 24.6 Å². The minimum atomic E-state index is -3.37. The monoisotopic (exact) mass is 296 g/mol. The maximum absolute atomic E-state index is 12.3. The molecule has 106 valence electrons. The van der Waals surface area contributed by atoms with E-state index >= 15 is 0 Å². The Morgan fingerprint density at radius 2 is 1.78 bits per heavy atom. The van der Waals surface area contributed by atoms with Crippen LogP contribution in [0.3, 0.4) is 0 Å². The number of sulfonamides is 1. The molecule has 0 amide bonds. The molecule has 2 N–H and O–H groups in total. The Balaban J connectivity index is 2.02. The Morgan fingerprint density at radius 3 is 2.22 bits per heavy atom. The highest BCUT2D eigenvalue weighted by molar-refractivity contribution is 7.92. The van der Waals surface area contributed by atoms with E-state index in [1.807, 2.05) is 6.92 Å². The van der Waals surface area contributed by atoms with Crippen LogP contribution in [0.15, 0.2) is 0 Å². The van der Waals surface area contributed by atoms with Gasteiger partial charge in [0.25, 0.3) is 0 Å². The molecule has 0 aromatic carbocycles. The summed E-state index contributed by atoms with van der Waals surface area (Å²) in [6.07, 6.45) is 1.17. The molecule has 6 nitrogen and oxygen atoms in total. The quantitative estimate of drug-likeness (QED) is 0.744. The molecule has 0 aromatic heterocycles. The zero-order valence-corrected chi connectivity index (χ0v) is 12.1. The molecule has 0 bridgehead atoms. The van der Waals surface area contributed by atoms with Crippen molar-refractivity contribution in [1.82, 2.24) is 4.31 Å². The van der Waals surface area contributed by atoms with E-state index in [0.29, 0.717) is 13.1 Å². The van der Waals surface area contributed by atoms with Gasteiger partial charge in [-0.1, -0.05) is 6.92 Å². The summed E-state index contributed by atoms with van der Waals surface area (Å²) < 4.78 is 48.5. The Hall–Kier alpha value is -0.180. The van der Waals surface area contributed by atoms with Crippen molar-refractivity contribution in [1.29, 1.82) is 0 Å². The fourth-order valence-electron chi connectivity index (χ4n) is 2.44. The summed E-state index contributed by atoms with van der Waals surface area (Å²) in [4.78, 5) is 0. The minimum Gasteiger partial charge on any atom is -0.323 e. The van der Waals surface area contributed by atoms with E-state index in [-0.39, 0.29) is 24.3 Å². The molecule has 18 heavy (non-hydrogen) atoms. The van der Waals surface area contributed by atoms with Crippen LogP contribution in [0.5, 0.6) is 0 Å². The molecule has 0 spiro atoms. The highest BCUT2D eigenvalue weighted by Crippen LogP contribution is 2.30. The van der Waals surface area contributed by atoms with Gasteiger partial charge in [-0.05, 0) is 19.3 Å². The molecule has 0 unspecified atom stereocenters. The maximum Gasteiger partial charge on any atom is 0.217 e. The van der Waals surface area contributed by atoms with Gasteiger partial charge >= 0.3 is 0 Å². The fourth-order valence-corrected chi connectivity index (χ4v) is 6.35. The first-order chi connectivity index (χ1) is 8.19. The number of nitrogens with two attached hydrogens (primary N) is 1. The van der Waals surface area contributed by atoms with E-state index in [4.69, 9.17) is 5.73 Å². The van der Waals surface area contributed by atoms with Gasteiger partial charge in [0, 0.05) is 18.6 Å². The summed E-state index contributed by atoms with van der Waals surface area (Å²) in [6, 6.07) is 0. The van der Waals surface area contributed by atoms with E-state index in [0.717, 1.165) is 6.42 Å². The van der Waals surface area contributed by atoms with Gasteiger partial charge in [-0.3, -0.25) is 0 Å². The minimum absolute atomic E-state index is 0.0215. The smallest absolute Gasteiger partial charge is 0.217 e. The molecule has 2 saturated heterocycles. The van der Waals surface area contributed by atoms with Crippen LogP contribution < -0.4 is 5.73 Å². The van der Waals surface area contributed by atoms with Crippen molar-refractivity contribution < 1.29 is 16.8 Å². The van der Waals surface area contributed by atoms with Crippen LogP contribution in [-0.2, 0) is 19.9 Å². The van der Waals surface area contributed by atoms with E-state index in [1.165, 1.54) is 4.31 Å². The average molecular weight is 296 g/mol. The third-order valence-electron chi connectivity index (χ3n) is 3.97. The average Bonchev–Trinajstić information content (AvgIpc) is 2.24. The van der Waals surface area contributed by atoms with Crippen molar-refractivity contribution in [2.45, 2.75) is 37.0 Å². The lowest BCUT2D eigenvalue weighted by atomic mass is 9.91. The molecule has 2 aliphatic rings. The highest BCUT2D eigenvalue weighted by Gasteiger charge is 2.47. The van der Waals surface area contributed by atoms with Crippen LogP contribution in [0, 0.1) is 0 Å². The standard InChI is InChI=1S/C10H20N2O4S2/c1-2-10(11)7-12(8-10)18(15,16)9-3-5-17(13,14)6-4-9/h9H,2-8,11H2,1H3. The third kappa shape index (κ3) is 2.56. The second-order valence-corrected chi connectivity index (χ2v) is 9.90. The van der Waals surface area contributed by atoms with Crippen molar-refractivity contribution in [3.05, 3.63) is 0 Å². The summed E-state index contributed by atoms with van der Waals surface area (Å²) in [6.45, 7) is 2.65. The lowest BCUT2D eigenvalue weighted by Gasteiger charge is -2.47. The van der Waals surface area contributed by atoms with Crippen molar-refractivity contribution >= 4 is 19.9 Å². The zero-order valence-electron chi connectivity index (χ0n) is 10.5. The Morgan fingerprint density at radius 1 is 1.28 bits per heavy atom.